The Balaban J connectivity index is 2.17. The number of phenols is 1. The number of phenolic OH excluding ortho intramolecular Hbond substituents is 1. The second kappa shape index (κ2) is 10.2. The van der Waals surface area contributed by atoms with Crippen molar-refractivity contribution in [1.29, 1.82) is 0 Å². The monoisotopic (exact) mass is 423 g/mol. The molecule has 0 unspecified atom stereocenters. The Kier molecular flexibility index (Phi) is 7.90. The van der Waals surface area contributed by atoms with Crippen LogP contribution < -0.4 is 5.32 Å². The molecular weight excluding hydrogens is 402 g/mol. The summed E-state index contributed by atoms with van der Waals surface area (Å²) < 4.78 is 12.2. The first-order chi connectivity index (χ1) is 12.5. The number of halogens is 1. The second-order valence-electron chi connectivity index (χ2n) is 5.56. The number of benzene rings is 2. The van der Waals surface area contributed by atoms with E-state index in [2.05, 4.69) is 21.2 Å². The van der Waals surface area contributed by atoms with E-state index in [1.54, 1.807) is 24.3 Å². The van der Waals surface area contributed by atoms with E-state index in [9.17, 15) is 15.0 Å². The normalized spacial score (nSPS) is 13.0. The van der Waals surface area contributed by atoms with E-state index < -0.39 is 18.3 Å². The SMILES string of the molecule is CCO[C@H](CCO)[C@H](OC(=O)Nc1ccc(Br)cc1)c1ccc(O)cc1. The Morgan fingerprint density at radius 2 is 1.81 bits per heavy atom. The predicted octanol–water partition coefficient (Wildman–Crippen LogP) is 4.23. The molecule has 0 fully saturated rings. The van der Waals surface area contributed by atoms with Crippen LogP contribution in [0, 0.1) is 0 Å². The molecule has 0 aliphatic rings. The van der Waals surface area contributed by atoms with Crippen LogP contribution in [-0.4, -0.2) is 35.6 Å². The largest absolute Gasteiger partial charge is 0.508 e. The Morgan fingerprint density at radius 1 is 1.15 bits per heavy atom. The Hall–Kier alpha value is -2.09. The van der Waals surface area contributed by atoms with Gasteiger partial charge in [0.2, 0.25) is 0 Å². The first kappa shape index (κ1) is 20.2. The molecule has 26 heavy (non-hydrogen) atoms. The van der Waals surface area contributed by atoms with Crippen molar-refractivity contribution in [3.63, 3.8) is 0 Å². The van der Waals surface area contributed by atoms with Crippen molar-refractivity contribution in [3.05, 3.63) is 58.6 Å². The minimum atomic E-state index is -0.724. The average Bonchev–Trinajstić information content (AvgIpc) is 2.62. The molecule has 0 aliphatic carbocycles. The summed E-state index contributed by atoms with van der Waals surface area (Å²) in [5.74, 6) is 0.113. The fourth-order valence-corrected chi connectivity index (χ4v) is 2.75. The van der Waals surface area contributed by atoms with Crippen LogP contribution in [0.1, 0.15) is 25.0 Å². The zero-order valence-electron chi connectivity index (χ0n) is 14.4. The van der Waals surface area contributed by atoms with Gasteiger partial charge >= 0.3 is 6.09 Å². The maximum atomic E-state index is 12.3. The summed E-state index contributed by atoms with van der Waals surface area (Å²) in [4.78, 5) is 12.3. The van der Waals surface area contributed by atoms with Crippen molar-refractivity contribution in [3.8, 4) is 5.75 Å². The Morgan fingerprint density at radius 3 is 2.38 bits per heavy atom. The molecule has 6 nitrogen and oxygen atoms in total. The van der Waals surface area contributed by atoms with Crippen LogP contribution in [0.15, 0.2) is 53.0 Å². The van der Waals surface area contributed by atoms with Crippen LogP contribution in [-0.2, 0) is 9.47 Å². The number of aliphatic hydroxyl groups excluding tert-OH is 1. The van der Waals surface area contributed by atoms with Gasteiger partial charge in [-0.2, -0.15) is 0 Å². The molecule has 0 heterocycles. The summed E-state index contributed by atoms with van der Waals surface area (Å²) in [7, 11) is 0. The molecule has 0 saturated heterocycles. The van der Waals surface area contributed by atoms with Gasteiger partial charge in [-0.3, -0.25) is 5.32 Å². The van der Waals surface area contributed by atoms with Gasteiger partial charge in [-0.25, -0.2) is 4.79 Å². The van der Waals surface area contributed by atoms with E-state index >= 15 is 0 Å². The van der Waals surface area contributed by atoms with Crippen LogP contribution in [0.2, 0.25) is 0 Å². The highest BCUT2D eigenvalue weighted by atomic mass is 79.9. The van der Waals surface area contributed by atoms with Gasteiger partial charge in [0, 0.05) is 29.8 Å². The molecule has 2 atom stereocenters. The van der Waals surface area contributed by atoms with E-state index in [1.807, 2.05) is 19.1 Å². The third-order valence-corrected chi connectivity index (χ3v) is 4.21. The molecule has 0 radical (unpaired) electrons. The van der Waals surface area contributed by atoms with Crippen molar-refractivity contribution in [2.75, 3.05) is 18.5 Å². The summed E-state index contributed by atoms with van der Waals surface area (Å²) in [6.45, 7) is 2.15. The molecule has 2 aromatic carbocycles. The Bertz CT molecular complexity index is 684. The highest BCUT2D eigenvalue weighted by Gasteiger charge is 2.27. The summed E-state index contributed by atoms with van der Waals surface area (Å²) in [6.07, 6.45) is -1.55. The van der Waals surface area contributed by atoms with Gasteiger partial charge in [0.25, 0.3) is 0 Å². The molecule has 0 saturated carbocycles. The first-order valence-electron chi connectivity index (χ1n) is 8.28. The molecule has 0 bridgehead atoms. The lowest BCUT2D eigenvalue weighted by Crippen LogP contribution is -2.29. The minimum absolute atomic E-state index is 0.100. The quantitative estimate of drug-likeness (QED) is 0.590. The van der Waals surface area contributed by atoms with E-state index in [0.717, 1.165) is 4.47 Å². The number of anilines is 1. The molecule has 0 spiro atoms. The van der Waals surface area contributed by atoms with E-state index in [1.165, 1.54) is 12.1 Å². The molecule has 3 N–H and O–H groups in total. The number of hydrogen-bond acceptors (Lipinski definition) is 5. The summed E-state index contributed by atoms with van der Waals surface area (Å²) >= 11 is 3.34. The summed E-state index contributed by atoms with van der Waals surface area (Å²) in [5, 5.41) is 21.5. The highest BCUT2D eigenvalue weighted by molar-refractivity contribution is 9.10. The molecule has 140 valence electrons. The van der Waals surface area contributed by atoms with Crippen LogP contribution in [0.25, 0.3) is 0 Å². The number of hydrogen-bond donors (Lipinski definition) is 3. The number of ether oxygens (including phenoxy) is 2. The lowest BCUT2D eigenvalue weighted by Gasteiger charge is -2.27. The van der Waals surface area contributed by atoms with Gasteiger partial charge in [0.15, 0.2) is 6.10 Å². The molecule has 2 aromatic rings. The summed E-state index contributed by atoms with van der Waals surface area (Å²) in [5.41, 5.74) is 1.26. The number of aromatic hydroxyl groups is 1. The molecule has 0 aromatic heterocycles. The van der Waals surface area contributed by atoms with Gasteiger partial charge in [-0.15, -0.1) is 0 Å². The van der Waals surface area contributed by atoms with Gasteiger partial charge in [-0.1, -0.05) is 28.1 Å². The number of amides is 1. The van der Waals surface area contributed by atoms with Crippen molar-refractivity contribution in [2.24, 2.45) is 0 Å². The van der Waals surface area contributed by atoms with E-state index in [-0.39, 0.29) is 12.4 Å². The van der Waals surface area contributed by atoms with Gasteiger partial charge in [0.1, 0.15) is 11.9 Å². The Labute approximate surface area is 160 Å². The number of rotatable bonds is 8. The lowest BCUT2D eigenvalue weighted by molar-refractivity contribution is -0.0484. The average molecular weight is 424 g/mol. The zero-order chi connectivity index (χ0) is 18.9. The first-order valence-corrected chi connectivity index (χ1v) is 9.07. The van der Waals surface area contributed by atoms with Crippen molar-refractivity contribution in [2.45, 2.75) is 25.6 Å². The number of aliphatic hydroxyl groups is 1. The maximum Gasteiger partial charge on any atom is 0.412 e. The van der Waals surface area contributed by atoms with E-state index in [0.29, 0.717) is 24.3 Å². The summed E-state index contributed by atoms with van der Waals surface area (Å²) in [6, 6.07) is 13.5. The number of nitrogens with one attached hydrogen (secondary N) is 1. The highest BCUT2D eigenvalue weighted by Crippen LogP contribution is 2.28. The third-order valence-electron chi connectivity index (χ3n) is 3.68. The van der Waals surface area contributed by atoms with Gasteiger partial charge < -0.3 is 19.7 Å². The fourth-order valence-electron chi connectivity index (χ4n) is 2.48. The minimum Gasteiger partial charge on any atom is -0.508 e. The van der Waals surface area contributed by atoms with Gasteiger partial charge in [0.05, 0.1) is 0 Å². The topological polar surface area (TPSA) is 88.0 Å². The van der Waals surface area contributed by atoms with Crippen LogP contribution >= 0.6 is 15.9 Å². The van der Waals surface area contributed by atoms with Crippen molar-refractivity contribution >= 4 is 27.7 Å². The van der Waals surface area contributed by atoms with Crippen LogP contribution in [0.5, 0.6) is 5.75 Å². The molecule has 7 heteroatoms. The smallest absolute Gasteiger partial charge is 0.412 e. The number of carbonyl (C=O) groups excluding carboxylic acids is 1. The van der Waals surface area contributed by atoms with Crippen molar-refractivity contribution < 1.29 is 24.5 Å². The molecule has 2 rings (SSSR count). The van der Waals surface area contributed by atoms with Gasteiger partial charge in [-0.05, 0) is 48.9 Å². The predicted molar refractivity (Wildman–Crippen MR) is 102 cm³/mol. The number of carbonyl (C=O) groups is 1. The van der Waals surface area contributed by atoms with E-state index in [4.69, 9.17) is 9.47 Å². The molecule has 1 amide bonds. The fraction of sp³-hybridized carbons (Fsp3) is 0.316. The van der Waals surface area contributed by atoms with Crippen LogP contribution in [0.4, 0.5) is 10.5 Å². The van der Waals surface area contributed by atoms with Crippen molar-refractivity contribution in [1.82, 2.24) is 0 Å². The third kappa shape index (κ3) is 6.01. The molecular formula is C19H22BrNO5. The standard InChI is InChI=1S/C19H22BrNO5/c1-2-25-17(11-12-22)18(13-3-9-16(23)10-4-13)26-19(24)21-15-7-5-14(20)6-8-15/h3-10,17-18,22-23H,2,11-12H2,1H3,(H,21,24)/t17-,18-/m1/s1. The maximum absolute atomic E-state index is 12.3. The van der Waals surface area contributed by atoms with Crippen LogP contribution in [0.3, 0.4) is 0 Å². The lowest BCUT2D eigenvalue weighted by atomic mass is 10.0. The molecule has 0 aliphatic heterocycles. The second-order valence-corrected chi connectivity index (χ2v) is 6.47. The zero-order valence-corrected chi connectivity index (χ0v) is 16.0.